The van der Waals surface area contributed by atoms with Crippen LogP contribution in [0.25, 0.3) is 0 Å². The lowest BCUT2D eigenvalue weighted by Gasteiger charge is -2.19. The molecule has 0 aromatic heterocycles. The van der Waals surface area contributed by atoms with Crippen molar-refractivity contribution in [2.24, 2.45) is 5.34 Å². The van der Waals surface area contributed by atoms with Gasteiger partial charge in [0.15, 0.2) is 5.34 Å². The molecular weight excluding hydrogens is 208 g/mol. The van der Waals surface area contributed by atoms with E-state index in [4.69, 9.17) is 0 Å². The monoisotopic (exact) mass is 222 g/mol. The smallest absolute Gasteiger partial charge is 0.221 e. The van der Waals surface area contributed by atoms with Crippen molar-refractivity contribution in [1.29, 1.82) is 0 Å². The van der Waals surface area contributed by atoms with E-state index in [1.165, 1.54) is 6.92 Å². The normalized spacial score (nSPS) is 14.2. The van der Waals surface area contributed by atoms with Crippen LogP contribution in [-0.4, -0.2) is 35.5 Å². The molecule has 1 amide bonds. The molecule has 14 heavy (non-hydrogen) atoms. The van der Waals surface area contributed by atoms with Crippen molar-refractivity contribution in [2.45, 2.75) is 25.5 Å². The molecule has 2 atom stereocenters. The van der Waals surface area contributed by atoms with Gasteiger partial charge in [0.05, 0.1) is 12.1 Å². The number of hydrogen-bond donors (Lipinski definition) is 3. The number of amides is 1. The number of nitrogens with zero attached hydrogens (tertiary/aromatic N) is 1. The lowest BCUT2D eigenvalue weighted by Crippen LogP contribution is -2.45. The molecule has 0 aromatic carbocycles. The van der Waals surface area contributed by atoms with Crippen molar-refractivity contribution in [3.63, 3.8) is 0 Å². The Kier molecular flexibility index (Phi) is 7.13. The number of nitrogens with one attached hydrogen (secondary N) is 1. The van der Waals surface area contributed by atoms with Crippen LogP contribution >= 0.6 is 12.6 Å². The van der Waals surface area contributed by atoms with Gasteiger partial charge in [-0.15, -0.1) is 4.91 Å². The highest BCUT2D eigenvalue weighted by Gasteiger charge is 2.18. The Labute approximate surface area is 87.4 Å². The SMILES string of the molecule is C[C@@H](O)[C@@H](CON=O)NC(=O)CCS. The molecule has 0 aliphatic carbocycles. The lowest BCUT2D eigenvalue weighted by atomic mass is 10.2. The Balaban J connectivity index is 3.95. The van der Waals surface area contributed by atoms with E-state index in [-0.39, 0.29) is 18.9 Å². The zero-order valence-corrected chi connectivity index (χ0v) is 8.74. The highest BCUT2D eigenvalue weighted by atomic mass is 32.1. The predicted molar refractivity (Wildman–Crippen MR) is 53.8 cm³/mol. The summed E-state index contributed by atoms with van der Waals surface area (Å²) in [5, 5.41) is 13.9. The Morgan fingerprint density at radius 3 is 2.79 bits per heavy atom. The van der Waals surface area contributed by atoms with Gasteiger partial charge < -0.3 is 15.3 Å². The molecule has 2 N–H and O–H groups in total. The van der Waals surface area contributed by atoms with E-state index >= 15 is 0 Å². The zero-order valence-electron chi connectivity index (χ0n) is 7.84. The van der Waals surface area contributed by atoms with Crippen molar-refractivity contribution >= 4 is 18.5 Å². The molecule has 7 heteroatoms. The first kappa shape index (κ1) is 13.2. The van der Waals surface area contributed by atoms with Crippen LogP contribution in [-0.2, 0) is 9.63 Å². The minimum atomic E-state index is -0.805. The number of aliphatic hydroxyl groups excluding tert-OH is 1. The van der Waals surface area contributed by atoms with Gasteiger partial charge in [0.2, 0.25) is 5.91 Å². The zero-order chi connectivity index (χ0) is 11.0. The molecule has 0 bridgehead atoms. The fraction of sp³-hybridized carbons (Fsp3) is 0.857. The summed E-state index contributed by atoms with van der Waals surface area (Å²) in [5.74, 6) is 0.172. The lowest BCUT2D eigenvalue weighted by molar-refractivity contribution is -0.122. The highest BCUT2D eigenvalue weighted by Crippen LogP contribution is 1.96. The maximum Gasteiger partial charge on any atom is 0.221 e. The van der Waals surface area contributed by atoms with Crippen LogP contribution in [0.3, 0.4) is 0 Å². The van der Waals surface area contributed by atoms with Gasteiger partial charge in [-0.1, -0.05) is 0 Å². The van der Waals surface area contributed by atoms with Crippen molar-refractivity contribution < 1.29 is 14.7 Å². The molecule has 0 aliphatic rings. The molecular formula is C7H14N2O4S. The van der Waals surface area contributed by atoms with Gasteiger partial charge in [-0.25, -0.2) is 0 Å². The maximum atomic E-state index is 11.1. The van der Waals surface area contributed by atoms with Crippen LogP contribution in [0.4, 0.5) is 0 Å². The van der Waals surface area contributed by atoms with Crippen LogP contribution in [0.5, 0.6) is 0 Å². The first-order valence-corrected chi connectivity index (χ1v) is 4.78. The number of hydrogen-bond acceptors (Lipinski definition) is 6. The minimum absolute atomic E-state index is 0.139. The summed E-state index contributed by atoms with van der Waals surface area (Å²) in [6.45, 7) is 1.35. The van der Waals surface area contributed by atoms with E-state index in [1.807, 2.05) is 0 Å². The Hall–Kier alpha value is -0.820. The fourth-order valence-corrected chi connectivity index (χ4v) is 0.996. The average Bonchev–Trinajstić information content (AvgIpc) is 2.12. The van der Waals surface area contributed by atoms with Crippen LogP contribution in [0.1, 0.15) is 13.3 Å². The summed E-state index contributed by atoms with van der Waals surface area (Å²) in [5.41, 5.74) is 0. The fourth-order valence-electron chi connectivity index (χ4n) is 0.793. The molecule has 6 nitrogen and oxygen atoms in total. The number of aliphatic hydroxyl groups is 1. The quantitative estimate of drug-likeness (QED) is 0.318. The van der Waals surface area contributed by atoms with Crippen LogP contribution < -0.4 is 5.32 Å². The summed E-state index contributed by atoms with van der Waals surface area (Å²) < 4.78 is 0. The largest absolute Gasteiger partial charge is 0.391 e. The third-order valence-corrected chi connectivity index (χ3v) is 1.80. The molecule has 0 fully saturated rings. The van der Waals surface area contributed by atoms with Gasteiger partial charge in [0, 0.05) is 6.42 Å². The molecule has 0 heterocycles. The summed E-state index contributed by atoms with van der Waals surface area (Å²) in [7, 11) is 0. The van der Waals surface area contributed by atoms with Crippen LogP contribution in [0.15, 0.2) is 5.34 Å². The summed E-state index contributed by atoms with van der Waals surface area (Å²) in [4.78, 5) is 25.0. The van der Waals surface area contributed by atoms with E-state index in [1.54, 1.807) is 0 Å². The second-order valence-corrected chi connectivity index (χ2v) is 3.21. The third kappa shape index (κ3) is 5.76. The van der Waals surface area contributed by atoms with E-state index in [0.29, 0.717) is 5.75 Å². The van der Waals surface area contributed by atoms with Gasteiger partial charge in [-0.05, 0) is 12.7 Å². The van der Waals surface area contributed by atoms with Crippen molar-refractivity contribution in [3.8, 4) is 0 Å². The second kappa shape index (κ2) is 7.57. The molecule has 0 aliphatic heterocycles. The average molecular weight is 222 g/mol. The number of thiol groups is 1. The molecule has 82 valence electrons. The van der Waals surface area contributed by atoms with E-state index in [9.17, 15) is 14.8 Å². The summed E-state index contributed by atoms with van der Waals surface area (Å²) in [6, 6.07) is -0.625. The maximum absolute atomic E-state index is 11.1. The van der Waals surface area contributed by atoms with Crippen molar-refractivity contribution in [2.75, 3.05) is 12.4 Å². The van der Waals surface area contributed by atoms with Gasteiger partial charge in [-0.2, -0.15) is 12.6 Å². The Morgan fingerprint density at radius 2 is 2.36 bits per heavy atom. The Bertz CT molecular complexity index is 189. The van der Waals surface area contributed by atoms with E-state index in [0.717, 1.165) is 0 Å². The number of carbonyl (C=O) groups is 1. The molecule has 0 saturated carbocycles. The number of carbonyl (C=O) groups excluding carboxylic acids is 1. The van der Waals surface area contributed by atoms with Crippen molar-refractivity contribution in [1.82, 2.24) is 5.32 Å². The Morgan fingerprint density at radius 1 is 1.71 bits per heavy atom. The first-order valence-electron chi connectivity index (χ1n) is 4.14. The highest BCUT2D eigenvalue weighted by molar-refractivity contribution is 7.80. The van der Waals surface area contributed by atoms with Gasteiger partial charge in [0.25, 0.3) is 0 Å². The molecule has 0 rings (SSSR count). The predicted octanol–water partition coefficient (Wildman–Crippen LogP) is -0.130. The topological polar surface area (TPSA) is 88.0 Å². The van der Waals surface area contributed by atoms with Gasteiger partial charge in [0.1, 0.15) is 6.61 Å². The number of rotatable bonds is 7. The summed E-state index contributed by atoms with van der Waals surface area (Å²) in [6.07, 6.45) is -0.554. The van der Waals surface area contributed by atoms with Gasteiger partial charge in [-0.3, -0.25) is 4.79 Å². The molecule has 0 aromatic rings. The molecule has 0 saturated heterocycles. The van der Waals surface area contributed by atoms with Crippen LogP contribution in [0, 0.1) is 4.91 Å². The van der Waals surface area contributed by atoms with Gasteiger partial charge >= 0.3 is 0 Å². The minimum Gasteiger partial charge on any atom is -0.391 e. The molecule has 0 unspecified atom stereocenters. The van der Waals surface area contributed by atoms with Crippen molar-refractivity contribution in [3.05, 3.63) is 4.91 Å². The summed E-state index contributed by atoms with van der Waals surface area (Å²) >= 11 is 3.88. The molecule has 0 spiro atoms. The standard InChI is InChI=1S/C7H14N2O4S/c1-5(10)6(4-13-9-12)8-7(11)2-3-14/h5-6,10,14H,2-4H2,1H3,(H,8,11)/t5-,6-/m1/s1. The second-order valence-electron chi connectivity index (χ2n) is 2.76. The van der Waals surface area contributed by atoms with E-state index in [2.05, 4.69) is 28.1 Å². The van der Waals surface area contributed by atoms with E-state index < -0.39 is 12.1 Å². The molecule has 0 radical (unpaired) electrons. The van der Waals surface area contributed by atoms with Crippen LogP contribution in [0.2, 0.25) is 0 Å². The first-order chi connectivity index (χ1) is 6.61. The third-order valence-electron chi connectivity index (χ3n) is 1.57.